The van der Waals surface area contributed by atoms with Crippen LogP contribution in [0.4, 0.5) is 0 Å². The number of fused-ring (bicyclic) bond motifs is 1. The quantitative estimate of drug-likeness (QED) is 0.121. The molecule has 0 amide bonds. The van der Waals surface area contributed by atoms with Crippen molar-refractivity contribution in [2.75, 3.05) is 26.4 Å². The van der Waals surface area contributed by atoms with Gasteiger partial charge in [0.25, 0.3) is 0 Å². The van der Waals surface area contributed by atoms with E-state index in [0.29, 0.717) is 37.4 Å². The van der Waals surface area contributed by atoms with Crippen LogP contribution in [0.2, 0.25) is 0 Å². The highest BCUT2D eigenvalue weighted by Crippen LogP contribution is 2.35. The summed E-state index contributed by atoms with van der Waals surface area (Å²) in [6, 6.07) is 14.4. The second-order valence-corrected chi connectivity index (χ2v) is 10.8. The van der Waals surface area contributed by atoms with Crippen molar-refractivity contribution in [1.82, 2.24) is 0 Å². The molecule has 0 unspecified atom stereocenters. The molecular formula is C33H44O7. The van der Waals surface area contributed by atoms with E-state index in [1.54, 1.807) is 24.3 Å². The van der Waals surface area contributed by atoms with E-state index in [-0.39, 0.29) is 30.5 Å². The Morgan fingerprint density at radius 3 is 1.82 bits per heavy atom. The second-order valence-electron chi connectivity index (χ2n) is 10.8. The van der Waals surface area contributed by atoms with E-state index < -0.39 is 12.1 Å². The second kappa shape index (κ2) is 15.8. The Balaban J connectivity index is 1.20. The fraction of sp³-hybridized carbons (Fsp3) is 0.576. The van der Waals surface area contributed by atoms with Crippen molar-refractivity contribution in [1.29, 1.82) is 0 Å². The van der Waals surface area contributed by atoms with E-state index in [1.807, 2.05) is 24.3 Å². The normalized spacial score (nSPS) is 21.6. The van der Waals surface area contributed by atoms with Crippen LogP contribution in [0.15, 0.2) is 48.5 Å². The molecule has 4 rings (SSSR count). The summed E-state index contributed by atoms with van der Waals surface area (Å²) >= 11 is 0. The van der Waals surface area contributed by atoms with Gasteiger partial charge in [-0.05, 0) is 61.4 Å². The number of benzene rings is 2. The predicted molar refractivity (Wildman–Crippen MR) is 153 cm³/mol. The molecule has 7 heteroatoms. The van der Waals surface area contributed by atoms with Gasteiger partial charge in [-0.1, -0.05) is 52.4 Å². The third kappa shape index (κ3) is 8.55. The maximum atomic E-state index is 13.0. The molecule has 0 spiro atoms. The number of esters is 1. The Morgan fingerprint density at radius 1 is 0.700 bits per heavy atom. The zero-order valence-corrected chi connectivity index (χ0v) is 24.0. The van der Waals surface area contributed by atoms with Crippen molar-refractivity contribution in [2.24, 2.45) is 5.92 Å². The van der Waals surface area contributed by atoms with E-state index in [9.17, 15) is 9.59 Å². The van der Waals surface area contributed by atoms with Crippen LogP contribution in [0.3, 0.4) is 0 Å². The number of ketones is 1. The first-order valence-corrected chi connectivity index (χ1v) is 15.0. The van der Waals surface area contributed by atoms with E-state index >= 15 is 0 Å². The molecule has 7 nitrogen and oxygen atoms in total. The number of hydrogen-bond acceptors (Lipinski definition) is 7. The van der Waals surface area contributed by atoms with Crippen molar-refractivity contribution in [3.05, 3.63) is 59.7 Å². The largest absolute Gasteiger partial charge is 0.494 e. The minimum atomic E-state index is -0.499. The maximum Gasteiger partial charge on any atom is 0.338 e. The van der Waals surface area contributed by atoms with Crippen LogP contribution >= 0.6 is 0 Å². The number of carbonyl (C=O) groups excluding carboxylic acids is 2. The van der Waals surface area contributed by atoms with Crippen molar-refractivity contribution in [3.8, 4) is 11.5 Å². The van der Waals surface area contributed by atoms with Crippen LogP contribution in [0.1, 0.15) is 92.4 Å². The van der Waals surface area contributed by atoms with Gasteiger partial charge >= 0.3 is 5.97 Å². The zero-order chi connectivity index (χ0) is 28.2. The summed E-state index contributed by atoms with van der Waals surface area (Å²) in [4.78, 5) is 25.7. The highest BCUT2D eigenvalue weighted by atomic mass is 16.6. The Hall–Kier alpha value is -2.90. The molecule has 2 aliphatic rings. The third-order valence-corrected chi connectivity index (χ3v) is 7.62. The Labute approximate surface area is 238 Å². The molecule has 0 N–H and O–H groups in total. The first-order valence-electron chi connectivity index (χ1n) is 15.0. The van der Waals surface area contributed by atoms with Gasteiger partial charge < -0.3 is 23.7 Å². The summed E-state index contributed by atoms with van der Waals surface area (Å²) in [6.07, 6.45) is 8.40. The van der Waals surface area contributed by atoms with Gasteiger partial charge in [0, 0.05) is 17.9 Å². The lowest BCUT2D eigenvalue weighted by molar-refractivity contribution is -0.0161. The van der Waals surface area contributed by atoms with Gasteiger partial charge in [-0.15, -0.1) is 0 Å². The van der Waals surface area contributed by atoms with Crippen LogP contribution in [0, 0.1) is 5.92 Å². The van der Waals surface area contributed by atoms with Crippen LogP contribution < -0.4 is 9.47 Å². The summed E-state index contributed by atoms with van der Waals surface area (Å²) < 4.78 is 29.2. The SMILES string of the molecule is CCCCCCOc1ccc(C(=O)C[C@H]2CO[C@H]3[C@@H]2OC[C@H]3OC(=O)c2ccc(OCCCCCC)cc2)cc1. The minimum absolute atomic E-state index is 0.0421. The Kier molecular flexibility index (Phi) is 11.9. The fourth-order valence-electron chi connectivity index (χ4n) is 5.24. The summed E-state index contributed by atoms with van der Waals surface area (Å²) in [5.74, 6) is 1.07. The fourth-order valence-corrected chi connectivity index (χ4v) is 5.24. The molecule has 0 aromatic heterocycles. The lowest BCUT2D eigenvalue weighted by Gasteiger charge is -2.17. The predicted octanol–water partition coefficient (Wildman–Crippen LogP) is 6.82. The molecule has 0 bridgehead atoms. The van der Waals surface area contributed by atoms with Crippen LogP contribution in [-0.4, -0.2) is 56.5 Å². The summed E-state index contributed by atoms with van der Waals surface area (Å²) in [5, 5.41) is 0. The molecule has 0 saturated carbocycles. The van der Waals surface area contributed by atoms with E-state index in [4.69, 9.17) is 23.7 Å². The van der Waals surface area contributed by atoms with Gasteiger partial charge in [-0.2, -0.15) is 0 Å². The molecule has 40 heavy (non-hydrogen) atoms. The van der Waals surface area contributed by atoms with Crippen LogP contribution in [0.5, 0.6) is 11.5 Å². The molecule has 2 aliphatic heterocycles. The van der Waals surface area contributed by atoms with Crippen molar-refractivity contribution >= 4 is 11.8 Å². The van der Waals surface area contributed by atoms with Crippen LogP contribution in [-0.2, 0) is 14.2 Å². The zero-order valence-electron chi connectivity index (χ0n) is 24.0. The van der Waals surface area contributed by atoms with Crippen molar-refractivity contribution < 1.29 is 33.3 Å². The monoisotopic (exact) mass is 552 g/mol. The van der Waals surface area contributed by atoms with Crippen molar-refractivity contribution in [3.63, 3.8) is 0 Å². The van der Waals surface area contributed by atoms with Gasteiger partial charge in [0.2, 0.25) is 0 Å². The summed E-state index contributed by atoms with van der Waals surface area (Å²) in [7, 11) is 0. The molecule has 218 valence electrons. The average molecular weight is 553 g/mol. The third-order valence-electron chi connectivity index (χ3n) is 7.62. The molecule has 2 fully saturated rings. The first-order chi connectivity index (χ1) is 19.6. The molecule has 2 heterocycles. The molecule has 2 aromatic rings. The number of hydrogen-bond donors (Lipinski definition) is 0. The number of unbranched alkanes of at least 4 members (excludes halogenated alkanes) is 6. The summed E-state index contributed by atoms with van der Waals surface area (Å²) in [5.41, 5.74) is 1.11. The molecular weight excluding hydrogens is 508 g/mol. The van der Waals surface area contributed by atoms with Gasteiger partial charge in [0.1, 0.15) is 17.6 Å². The average Bonchev–Trinajstić information content (AvgIpc) is 3.56. The lowest BCUT2D eigenvalue weighted by atomic mass is 9.93. The first kappa shape index (κ1) is 30.1. The summed E-state index contributed by atoms with van der Waals surface area (Å²) in [6.45, 7) is 6.40. The topological polar surface area (TPSA) is 80.3 Å². The number of Topliss-reactive ketones (excluding diaryl/α,β-unsaturated/α-hetero) is 1. The molecule has 2 aromatic carbocycles. The standard InChI is InChI=1S/C33H44O7/c1-3-5-7-9-19-36-27-15-11-24(12-16-27)29(34)21-26-22-38-32-30(23-39-31(26)32)40-33(35)25-13-17-28(18-14-25)37-20-10-8-6-4-2/h11-18,26,30-32H,3-10,19-23H2,1-2H3/t26-,30+,31+,32+/m0/s1. The van der Waals surface area contributed by atoms with Gasteiger partial charge in [-0.3, -0.25) is 4.79 Å². The maximum absolute atomic E-state index is 13.0. The van der Waals surface area contributed by atoms with Crippen LogP contribution in [0.25, 0.3) is 0 Å². The van der Waals surface area contributed by atoms with E-state index in [1.165, 1.54) is 32.1 Å². The highest BCUT2D eigenvalue weighted by molar-refractivity contribution is 5.96. The van der Waals surface area contributed by atoms with E-state index in [2.05, 4.69) is 13.8 Å². The number of rotatable bonds is 17. The molecule has 4 atom stereocenters. The van der Waals surface area contributed by atoms with Gasteiger partial charge in [0.05, 0.1) is 38.1 Å². The smallest absolute Gasteiger partial charge is 0.338 e. The van der Waals surface area contributed by atoms with Gasteiger partial charge in [0.15, 0.2) is 11.9 Å². The lowest BCUT2D eigenvalue weighted by Crippen LogP contribution is -2.33. The molecule has 2 saturated heterocycles. The molecule has 0 radical (unpaired) electrons. The minimum Gasteiger partial charge on any atom is -0.494 e. The number of carbonyl (C=O) groups is 2. The van der Waals surface area contributed by atoms with Crippen molar-refractivity contribution in [2.45, 2.75) is 89.9 Å². The molecule has 0 aliphatic carbocycles. The Bertz CT molecular complexity index is 964. The highest BCUT2D eigenvalue weighted by Gasteiger charge is 2.49. The Morgan fingerprint density at radius 2 is 1.25 bits per heavy atom. The van der Waals surface area contributed by atoms with E-state index in [0.717, 1.165) is 30.8 Å². The van der Waals surface area contributed by atoms with Gasteiger partial charge in [-0.25, -0.2) is 4.79 Å². The number of ether oxygens (including phenoxy) is 5.